The average molecular weight is 430 g/mol. The van der Waals surface area contributed by atoms with Gasteiger partial charge in [-0.3, -0.25) is 10.1 Å². The number of hydrogen-bond donors (Lipinski definition) is 2. The molecule has 1 heterocycles. The molecule has 2 rings (SSSR count). The Balaban J connectivity index is 2.44. The van der Waals surface area contributed by atoms with Gasteiger partial charge in [0.2, 0.25) is 31.6 Å². The first kappa shape index (κ1) is 19.5. The summed E-state index contributed by atoms with van der Waals surface area (Å²) >= 11 is 3.27. The van der Waals surface area contributed by atoms with Crippen LogP contribution < -0.4 is 9.74 Å². The summed E-state index contributed by atoms with van der Waals surface area (Å²) in [6.07, 6.45) is 0.942. The van der Waals surface area contributed by atoms with Crippen molar-refractivity contribution in [3.63, 3.8) is 0 Å². The van der Waals surface area contributed by atoms with E-state index in [0.29, 0.717) is 11.8 Å². The lowest BCUT2D eigenvalue weighted by Crippen LogP contribution is -2.29. The Morgan fingerprint density at radius 2 is 2.04 bits per heavy atom. The van der Waals surface area contributed by atoms with Gasteiger partial charge in [0.1, 0.15) is 5.82 Å². The number of nitrogens with one attached hydrogen (secondary N) is 1. The molecule has 2 N–H and O–H groups in total. The van der Waals surface area contributed by atoms with Crippen LogP contribution in [0.15, 0.2) is 28.7 Å². The Hall–Kier alpha value is -1.80. The van der Waals surface area contributed by atoms with E-state index >= 15 is 0 Å². The Labute approximate surface area is 155 Å². The number of anilines is 1. The number of rotatable bonds is 7. The summed E-state index contributed by atoms with van der Waals surface area (Å²) in [6, 6.07) is 5.93. The van der Waals surface area contributed by atoms with E-state index in [-0.39, 0.29) is 41.0 Å². The molecule has 0 saturated heterocycles. The van der Waals surface area contributed by atoms with Crippen LogP contribution in [0.1, 0.15) is 12.8 Å². The molecule has 0 fully saturated rings. The summed E-state index contributed by atoms with van der Waals surface area (Å²) in [5.74, 6) is -1.15. The summed E-state index contributed by atoms with van der Waals surface area (Å²) in [7, 11) is -2.11. The number of carbonyl (C=O) groups is 1. The number of carbonyl (C=O) groups excluding carboxylic acids is 1. The second-order valence-corrected chi connectivity index (χ2v) is 11.7. The van der Waals surface area contributed by atoms with Crippen LogP contribution >= 0.6 is 15.9 Å². The van der Waals surface area contributed by atoms with E-state index in [9.17, 15) is 14.3 Å². The van der Waals surface area contributed by atoms with Gasteiger partial charge < -0.3 is 13.9 Å². The minimum atomic E-state index is -2.11. The number of furan rings is 1. The maximum Gasteiger partial charge on any atom is 0.245 e. The first-order valence-electron chi connectivity index (χ1n) is 7.88. The van der Waals surface area contributed by atoms with Crippen LogP contribution in [0.4, 0.5) is 10.3 Å². The molecule has 0 aliphatic rings. The molecule has 5 nitrogen and oxygen atoms in total. The van der Waals surface area contributed by atoms with Gasteiger partial charge in [-0.15, -0.1) is 0 Å². The molecule has 1 aromatic heterocycles. The Bertz CT molecular complexity index is 758. The molecule has 0 radical (unpaired) electrons. The lowest BCUT2D eigenvalue weighted by molar-refractivity contribution is -0.116. The molecule has 25 heavy (non-hydrogen) atoms. The van der Waals surface area contributed by atoms with Crippen LogP contribution in [-0.2, 0) is 4.79 Å². The van der Waals surface area contributed by atoms with Crippen molar-refractivity contribution in [1.82, 2.24) is 0 Å². The fourth-order valence-corrected chi connectivity index (χ4v) is 3.22. The normalized spacial score (nSPS) is 11.4. The van der Waals surface area contributed by atoms with Gasteiger partial charge in [-0.05, 0) is 38.2 Å². The van der Waals surface area contributed by atoms with Crippen LogP contribution in [0, 0.1) is 5.82 Å². The largest absolute Gasteiger partial charge is 0.538 e. The topological polar surface area (TPSA) is 71.7 Å². The van der Waals surface area contributed by atoms with Crippen LogP contribution in [-0.4, -0.2) is 24.7 Å². The minimum Gasteiger partial charge on any atom is -0.538 e. The van der Waals surface area contributed by atoms with E-state index in [4.69, 9.17) is 8.84 Å². The van der Waals surface area contributed by atoms with Gasteiger partial charge in [-0.2, -0.15) is 0 Å². The fraction of sp³-hybridized carbons (Fsp3) is 0.353. The van der Waals surface area contributed by atoms with Crippen LogP contribution in [0.25, 0.3) is 11.3 Å². The zero-order chi connectivity index (χ0) is 18.6. The quantitative estimate of drug-likeness (QED) is 0.473. The van der Waals surface area contributed by atoms with E-state index in [0.717, 1.165) is 0 Å². The minimum absolute atomic E-state index is 0.00208. The highest BCUT2D eigenvalue weighted by Gasteiger charge is 2.29. The lowest BCUT2D eigenvalue weighted by atomic mass is 10.1. The second kappa shape index (κ2) is 8.05. The molecule has 8 heteroatoms. The SMILES string of the molecule is C[Si](C)(C)Oc1c(NC(=O)CCCBr)oc(-c2ccccc2F)c1O. The van der Waals surface area contributed by atoms with Crippen LogP contribution in [0.2, 0.25) is 19.6 Å². The molecule has 0 aliphatic heterocycles. The first-order chi connectivity index (χ1) is 11.7. The van der Waals surface area contributed by atoms with Crippen molar-refractivity contribution in [2.75, 3.05) is 10.6 Å². The van der Waals surface area contributed by atoms with Crippen LogP contribution in [0.3, 0.4) is 0 Å². The highest BCUT2D eigenvalue weighted by atomic mass is 79.9. The fourth-order valence-electron chi connectivity index (χ4n) is 2.13. The molecule has 1 amide bonds. The molecule has 2 aromatic rings. The summed E-state index contributed by atoms with van der Waals surface area (Å²) in [5, 5.41) is 13.8. The molecule has 0 spiro atoms. The molecule has 136 valence electrons. The number of amides is 1. The molecule has 0 aliphatic carbocycles. The predicted molar refractivity (Wildman–Crippen MR) is 101 cm³/mol. The van der Waals surface area contributed by atoms with Crippen molar-refractivity contribution in [2.24, 2.45) is 0 Å². The van der Waals surface area contributed by atoms with Gasteiger partial charge in [-0.1, -0.05) is 28.1 Å². The van der Waals surface area contributed by atoms with E-state index < -0.39 is 14.1 Å². The standard InChI is InChI=1S/C17H21BrFNO4Si/c1-25(2,3)24-16-14(22)15(11-7-4-5-8-12(11)19)23-17(16)20-13(21)9-6-10-18/h4-5,7-8,22H,6,9-10H2,1-3H3,(H,20,21). The van der Waals surface area contributed by atoms with Crippen molar-refractivity contribution in [3.8, 4) is 22.8 Å². The zero-order valence-corrected chi connectivity index (χ0v) is 16.9. The van der Waals surface area contributed by atoms with Gasteiger partial charge in [0.05, 0.1) is 5.56 Å². The van der Waals surface area contributed by atoms with Gasteiger partial charge >= 0.3 is 0 Å². The number of alkyl halides is 1. The Kier molecular flexibility index (Phi) is 6.29. The summed E-state index contributed by atoms with van der Waals surface area (Å²) in [5.41, 5.74) is 0.0985. The second-order valence-electron chi connectivity index (χ2n) is 6.47. The van der Waals surface area contributed by atoms with Gasteiger partial charge in [-0.25, -0.2) is 4.39 Å². The Morgan fingerprint density at radius 3 is 2.64 bits per heavy atom. The molecule has 0 atom stereocenters. The van der Waals surface area contributed by atoms with E-state index in [1.165, 1.54) is 12.1 Å². The number of benzene rings is 1. The maximum atomic E-state index is 14.1. The highest BCUT2D eigenvalue weighted by molar-refractivity contribution is 9.09. The first-order valence-corrected chi connectivity index (χ1v) is 12.4. The molecule has 0 bridgehead atoms. The van der Waals surface area contributed by atoms with Crippen molar-refractivity contribution in [3.05, 3.63) is 30.1 Å². The van der Waals surface area contributed by atoms with E-state index in [1.54, 1.807) is 12.1 Å². The summed E-state index contributed by atoms with van der Waals surface area (Å²) in [6.45, 7) is 5.79. The monoisotopic (exact) mass is 429 g/mol. The molecular weight excluding hydrogens is 409 g/mol. The predicted octanol–water partition coefficient (Wildman–Crippen LogP) is 5.12. The molecule has 0 unspecified atom stereocenters. The van der Waals surface area contributed by atoms with Crippen LogP contribution in [0.5, 0.6) is 11.5 Å². The number of aromatic hydroxyl groups is 1. The third kappa shape index (κ3) is 5.09. The van der Waals surface area contributed by atoms with Crippen molar-refractivity contribution < 1.29 is 23.1 Å². The smallest absolute Gasteiger partial charge is 0.245 e. The summed E-state index contributed by atoms with van der Waals surface area (Å²) < 4.78 is 25.5. The zero-order valence-electron chi connectivity index (χ0n) is 14.4. The maximum absolute atomic E-state index is 14.1. The third-order valence-corrected chi connectivity index (χ3v) is 4.53. The average Bonchev–Trinajstić information content (AvgIpc) is 2.81. The molecular formula is C17H21BrFNO4Si. The molecule has 1 aromatic carbocycles. The van der Waals surface area contributed by atoms with Crippen molar-refractivity contribution in [1.29, 1.82) is 0 Å². The lowest BCUT2D eigenvalue weighted by Gasteiger charge is -2.18. The third-order valence-electron chi connectivity index (χ3n) is 3.16. The van der Waals surface area contributed by atoms with E-state index in [1.807, 2.05) is 19.6 Å². The van der Waals surface area contributed by atoms with Gasteiger partial charge in [0, 0.05) is 11.8 Å². The number of hydrogen-bond acceptors (Lipinski definition) is 4. The molecule has 0 saturated carbocycles. The van der Waals surface area contributed by atoms with E-state index in [2.05, 4.69) is 21.2 Å². The highest BCUT2D eigenvalue weighted by Crippen LogP contribution is 2.47. The number of halogens is 2. The van der Waals surface area contributed by atoms with Gasteiger partial charge in [0.25, 0.3) is 0 Å². The van der Waals surface area contributed by atoms with Gasteiger partial charge in [0.15, 0.2) is 5.76 Å². The van der Waals surface area contributed by atoms with Crippen molar-refractivity contribution in [2.45, 2.75) is 32.5 Å². The Morgan fingerprint density at radius 1 is 1.36 bits per heavy atom. The summed E-state index contributed by atoms with van der Waals surface area (Å²) in [4.78, 5) is 12.0. The van der Waals surface area contributed by atoms with Crippen molar-refractivity contribution >= 4 is 36.0 Å².